The summed E-state index contributed by atoms with van der Waals surface area (Å²) in [4.78, 5) is 5.99. The van der Waals surface area contributed by atoms with E-state index in [4.69, 9.17) is 5.73 Å². The highest BCUT2D eigenvalue weighted by atomic mass is 35.5. The van der Waals surface area contributed by atoms with Crippen molar-refractivity contribution in [2.45, 2.75) is 0 Å². The second kappa shape index (κ2) is 4.03. The zero-order valence-electron chi connectivity index (χ0n) is 6.61. The summed E-state index contributed by atoms with van der Waals surface area (Å²) in [6.07, 6.45) is 0. The molecule has 62 valence electrons. The lowest BCUT2D eigenvalue weighted by molar-refractivity contribution is 1.07. The van der Waals surface area contributed by atoms with E-state index >= 15 is 0 Å². The van der Waals surface area contributed by atoms with Crippen molar-refractivity contribution < 1.29 is 0 Å². The van der Waals surface area contributed by atoms with E-state index in [1.165, 1.54) is 0 Å². The first kappa shape index (κ1) is 10.0. The number of halogens is 1. The van der Waals surface area contributed by atoms with E-state index in [9.17, 15) is 0 Å². The van der Waals surface area contributed by atoms with E-state index in [0.717, 1.165) is 5.82 Å². The van der Waals surface area contributed by atoms with E-state index < -0.39 is 0 Å². The molecule has 0 aliphatic heterocycles. The Morgan fingerprint density at radius 1 is 1.36 bits per heavy atom. The smallest absolute Gasteiger partial charge is 0.130 e. The van der Waals surface area contributed by atoms with Gasteiger partial charge in [0.1, 0.15) is 11.6 Å². The number of hydrogen-bond acceptors (Lipinski definition) is 3. The number of nitrogens with two attached hydrogens (primary N) is 1. The average Bonchev–Trinajstić information content (AvgIpc) is 1.88. The fourth-order valence-electron chi connectivity index (χ4n) is 0.689. The van der Waals surface area contributed by atoms with Crippen LogP contribution in [0.4, 0.5) is 11.6 Å². The number of nitrogens with zero attached hydrogens (tertiary/aromatic N) is 2. The van der Waals surface area contributed by atoms with Crippen LogP contribution in [-0.2, 0) is 0 Å². The molecule has 0 atom stereocenters. The second-order valence-electron chi connectivity index (χ2n) is 2.32. The normalized spacial score (nSPS) is 8.55. The van der Waals surface area contributed by atoms with Crippen LogP contribution in [0, 0.1) is 0 Å². The molecule has 0 bridgehead atoms. The molecule has 0 aromatic carbocycles. The Morgan fingerprint density at radius 3 is 2.36 bits per heavy atom. The highest BCUT2D eigenvalue weighted by Crippen LogP contribution is 2.07. The molecule has 0 saturated heterocycles. The first-order chi connectivity index (χ1) is 4.70. The summed E-state index contributed by atoms with van der Waals surface area (Å²) in [6, 6.07) is 5.57. The Morgan fingerprint density at radius 2 is 2.00 bits per heavy atom. The highest BCUT2D eigenvalue weighted by Gasteiger charge is 1.93. The number of hydrogen-bond donors (Lipinski definition) is 1. The molecule has 1 rings (SSSR count). The van der Waals surface area contributed by atoms with Gasteiger partial charge in [0, 0.05) is 14.1 Å². The lowest BCUT2D eigenvalue weighted by atomic mass is 10.4. The van der Waals surface area contributed by atoms with E-state index in [1.54, 1.807) is 6.07 Å². The summed E-state index contributed by atoms with van der Waals surface area (Å²) in [7, 11) is 3.86. The number of nitrogen functional groups attached to an aromatic ring is 1. The van der Waals surface area contributed by atoms with Gasteiger partial charge in [-0.05, 0) is 12.1 Å². The largest absolute Gasteiger partial charge is 0.384 e. The molecule has 0 amide bonds. The fraction of sp³-hybridized carbons (Fsp3) is 0.286. The molecule has 0 spiro atoms. The summed E-state index contributed by atoms with van der Waals surface area (Å²) in [6.45, 7) is 0. The first-order valence-electron chi connectivity index (χ1n) is 3.10. The predicted octanol–water partition coefficient (Wildman–Crippen LogP) is 1.15. The number of aromatic nitrogens is 1. The second-order valence-corrected chi connectivity index (χ2v) is 2.32. The third kappa shape index (κ3) is 2.63. The SMILES string of the molecule is CN(C)c1cccc(N)n1.Cl. The molecule has 1 aromatic rings. The van der Waals surface area contributed by atoms with Gasteiger partial charge in [-0.1, -0.05) is 6.07 Å². The summed E-state index contributed by atoms with van der Waals surface area (Å²) in [5.74, 6) is 1.45. The molecular formula is C7H12ClN3. The number of pyridine rings is 1. The van der Waals surface area contributed by atoms with E-state index in [0.29, 0.717) is 5.82 Å². The van der Waals surface area contributed by atoms with E-state index in [2.05, 4.69) is 4.98 Å². The monoisotopic (exact) mass is 173 g/mol. The van der Waals surface area contributed by atoms with E-state index in [1.807, 2.05) is 31.1 Å². The van der Waals surface area contributed by atoms with Crippen molar-refractivity contribution in [2.24, 2.45) is 0 Å². The minimum absolute atomic E-state index is 0. The molecule has 1 heterocycles. The summed E-state index contributed by atoms with van der Waals surface area (Å²) in [5.41, 5.74) is 5.46. The van der Waals surface area contributed by atoms with Gasteiger partial charge < -0.3 is 10.6 Å². The predicted molar refractivity (Wildman–Crippen MR) is 50.2 cm³/mol. The van der Waals surface area contributed by atoms with Crippen molar-refractivity contribution in [3.63, 3.8) is 0 Å². The van der Waals surface area contributed by atoms with Gasteiger partial charge in [-0.2, -0.15) is 0 Å². The van der Waals surface area contributed by atoms with Crippen molar-refractivity contribution in [2.75, 3.05) is 24.7 Å². The van der Waals surface area contributed by atoms with Crippen LogP contribution in [0.1, 0.15) is 0 Å². The molecule has 0 saturated carbocycles. The number of rotatable bonds is 1. The van der Waals surface area contributed by atoms with Crippen LogP contribution in [0.15, 0.2) is 18.2 Å². The van der Waals surface area contributed by atoms with Gasteiger partial charge in [-0.3, -0.25) is 0 Å². The first-order valence-corrected chi connectivity index (χ1v) is 3.10. The minimum atomic E-state index is 0. The third-order valence-corrected chi connectivity index (χ3v) is 1.21. The molecule has 0 aliphatic carbocycles. The topological polar surface area (TPSA) is 42.1 Å². The van der Waals surface area contributed by atoms with Gasteiger partial charge in [0.25, 0.3) is 0 Å². The molecule has 4 heteroatoms. The molecule has 0 radical (unpaired) electrons. The van der Waals surface area contributed by atoms with Crippen molar-refractivity contribution in [3.05, 3.63) is 18.2 Å². The standard InChI is InChI=1S/C7H11N3.ClH/c1-10(2)7-5-3-4-6(8)9-7;/h3-5H,1-2H3,(H2,8,9);1H. The van der Waals surface area contributed by atoms with Gasteiger partial charge in [0.15, 0.2) is 0 Å². The van der Waals surface area contributed by atoms with Gasteiger partial charge in [0.2, 0.25) is 0 Å². The van der Waals surface area contributed by atoms with Crippen LogP contribution in [0.5, 0.6) is 0 Å². The Bertz CT molecular complexity index is 225. The minimum Gasteiger partial charge on any atom is -0.384 e. The van der Waals surface area contributed by atoms with Crippen LogP contribution in [0.3, 0.4) is 0 Å². The zero-order valence-corrected chi connectivity index (χ0v) is 7.43. The van der Waals surface area contributed by atoms with Gasteiger partial charge in [-0.25, -0.2) is 4.98 Å². The molecule has 0 fully saturated rings. The average molecular weight is 174 g/mol. The Hall–Kier alpha value is -0.960. The van der Waals surface area contributed by atoms with Crippen LogP contribution < -0.4 is 10.6 Å². The Labute approximate surface area is 72.6 Å². The molecule has 0 unspecified atom stereocenters. The third-order valence-electron chi connectivity index (χ3n) is 1.21. The van der Waals surface area contributed by atoms with Gasteiger partial charge in [0.05, 0.1) is 0 Å². The van der Waals surface area contributed by atoms with Crippen LogP contribution in [0.25, 0.3) is 0 Å². The summed E-state index contributed by atoms with van der Waals surface area (Å²) in [5, 5.41) is 0. The molecular weight excluding hydrogens is 162 g/mol. The zero-order chi connectivity index (χ0) is 7.56. The van der Waals surface area contributed by atoms with Crippen LogP contribution in [0.2, 0.25) is 0 Å². The fourth-order valence-corrected chi connectivity index (χ4v) is 0.689. The van der Waals surface area contributed by atoms with Crippen molar-refractivity contribution in [3.8, 4) is 0 Å². The maximum absolute atomic E-state index is 5.46. The Balaban J connectivity index is 0.000001000. The summed E-state index contributed by atoms with van der Waals surface area (Å²) < 4.78 is 0. The maximum Gasteiger partial charge on any atom is 0.130 e. The quantitative estimate of drug-likeness (QED) is 0.693. The maximum atomic E-state index is 5.46. The van der Waals surface area contributed by atoms with E-state index in [-0.39, 0.29) is 12.4 Å². The molecule has 3 nitrogen and oxygen atoms in total. The molecule has 0 aliphatic rings. The van der Waals surface area contributed by atoms with Crippen LogP contribution in [-0.4, -0.2) is 19.1 Å². The van der Waals surface area contributed by atoms with Crippen molar-refractivity contribution in [1.82, 2.24) is 4.98 Å². The highest BCUT2D eigenvalue weighted by molar-refractivity contribution is 5.85. The molecule has 2 N–H and O–H groups in total. The number of anilines is 2. The van der Waals surface area contributed by atoms with Crippen molar-refractivity contribution in [1.29, 1.82) is 0 Å². The molecule has 1 aromatic heterocycles. The lowest BCUT2D eigenvalue weighted by Crippen LogP contribution is -2.10. The van der Waals surface area contributed by atoms with Gasteiger partial charge >= 0.3 is 0 Å². The van der Waals surface area contributed by atoms with Crippen molar-refractivity contribution >= 4 is 24.0 Å². The molecule has 11 heavy (non-hydrogen) atoms. The summed E-state index contributed by atoms with van der Waals surface area (Å²) >= 11 is 0. The lowest BCUT2D eigenvalue weighted by Gasteiger charge is -2.10. The van der Waals surface area contributed by atoms with Crippen LogP contribution >= 0.6 is 12.4 Å². The van der Waals surface area contributed by atoms with Gasteiger partial charge in [-0.15, -0.1) is 12.4 Å². The Kier molecular flexibility index (Phi) is 3.68.